The third kappa shape index (κ3) is 11.4. The molecular formula is C49H61F2N9O7S. The summed E-state index contributed by atoms with van der Waals surface area (Å²) in [6.07, 6.45) is 4.69. The first-order valence-electron chi connectivity index (χ1n) is 22.9. The highest BCUT2D eigenvalue weighted by Crippen LogP contribution is 2.36. The number of hydrogen-bond acceptors (Lipinski definition) is 13. The maximum atomic E-state index is 15.7. The van der Waals surface area contributed by atoms with Gasteiger partial charge in [0.05, 0.1) is 27.2 Å². The zero-order valence-electron chi connectivity index (χ0n) is 39.8. The standard InChI is InChI=1S/C49H61F2N9O7S/c1-29-28-52-46(56-42(29)53-32-13-15-35(50)38(27-32)58-68(65,66)47(2,3)4)54-31-12-14-33(36(51)26-31)30-18-22-59(23-19-30)24-20-49(7,8)67-25-21-48(5,6)57-37-11-9-10-34-41(37)45(64)60(44(34)63)39-16-17-40(61)55-43(39)62/h9-15,26-28,30,39,57-58H,16-25H2,1-8H3,(H,55,61,62)(H2,52,53,54,56). The quantitative estimate of drug-likeness (QED) is 0.0635. The molecule has 1 unspecified atom stereocenters. The molecule has 4 heterocycles. The van der Waals surface area contributed by atoms with E-state index in [1.165, 1.54) is 39.0 Å². The Kier molecular flexibility index (Phi) is 14.3. The number of rotatable bonds is 17. The third-order valence-corrected chi connectivity index (χ3v) is 14.8. The van der Waals surface area contributed by atoms with Crippen molar-refractivity contribution in [3.8, 4) is 0 Å². The van der Waals surface area contributed by atoms with E-state index in [1.807, 2.05) is 13.8 Å². The predicted octanol–water partition coefficient (Wildman–Crippen LogP) is 8.14. The summed E-state index contributed by atoms with van der Waals surface area (Å²) >= 11 is 0. The van der Waals surface area contributed by atoms with Gasteiger partial charge in [-0.05, 0) is 155 Å². The van der Waals surface area contributed by atoms with Crippen LogP contribution in [0, 0.1) is 18.6 Å². The van der Waals surface area contributed by atoms with Crippen molar-refractivity contribution in [1.82, 2.24) is 25.1 Å². The van der Waals surface area contributed by atoms with Crippen LogP contribution in [0.1, 0.15) is 125 Å². The fourth-order valence-electron chi connectivity index (χ4n) is 8.41. The number of imide groups is 2. The van der Waals surface area contributed by atoms with Crippen LogP contribution in [0.25, 0.3) is 0 Å². The zero-order chi connectivity index (χ0) is 49.3. The summed E-state index contributed by atoms with van der Waals surface area (Å²) in [7, 11) is -3.87. The van der Waals surface area contributed by atoms with Gasteiger partial charge in [-0.3, -0.25) is 34.1 Å². The second kappa shape index (κ2) is 19.5. The average Bonchev–Trinajstić information content (AvgIpc) is 3.51. The summed E-state index contributed by atoms with van der Waals surface area (Å²) in [6.45, 7) is 17.3. The molecule has 0 aliphatic carbocycles. The zero-order valence-corrected chi connectivity index (χ0v) is 40.6. The number of sulfonamides is 1. The number of ether oxygens (including phenoxy) is 1. The number of nitrogens with one attached hydrogen (secondary N) is 5. The molecule has 1 aromatic heterocycles. The monoisotopic (exact) mass is 957 g/mol. The first kappa shape index (κ1) is 49.8. The minimum Gasteiger partial charge on any atom is -0.379 e. The van der Waals surface area contributed by atoms with Gasteiger partial charge in [0, 0.05) is 53.9 Å². The number of carbonyl (C=O) groups excluding carboxylic acids is 4. The van der Waals surface area contributed by atoms with E-state index in [-0.39, 0.29) is 47.3 Å². The lowest BCUT2D eigenvalue weighted by molar-refractivity contribution is -0.136. The summed E-state index contributed by atoms with van der Waals surface area (Å²) in [5.41, 5.74) is 1.94. The van der Waals surface area contributed by atoms with Crippen LogP contribution in [0.3, 0.4) is 0 Å². The molecule has 4 aromatic rings. The van der Waals surface area contributed by atoms with E-state index in [0.29, 0.717) is 47.0 Å². The van der Waals surface area contributed by atoms with Gasteiger partial charge in [-0.2, -0.15) is 4.98 Å². The molecule has 3 aliphatic heterocycles. The van der Waals surface area contributed by atoms with Gasteiger partial charge in [-0.25, -0.2) is 22.2 Å². The molecule has 3 aromatic carbocycles. The molecule has 1 atom stereocenters. The van der Waals surface area contributed by atoms with E-state index in [4.69, 9.17) is 4.74 Å². The number of aryl methyl sites for hydroxylation is 1. The number of nitrogens with zero attached hydrogens (tertiary/aromatic N) is 4. The summed E-state index contributed by atoms with van der Waals surface area (Å²) in [6, 6.07) is 13.0. The highest BCUT2D eigenvalue weighted by molar-refractivity contribution is 7.94. The second-order valence-corrected chi connectivity index (χ2v) is 22.5. The van der Waals surface area contributed by atoms with E-state index in [1.54, 1.807) is 43.5 Å². The maximum absolute atomic E-state index is 15.7. The molecule has 2 saturated heterocycles. The lowest BCUT2D eigenvalue weighted by atomic mass is 9.88. The van der Waals surface area contributed by atoms with Crippen LogP contribution in [0.4, 0.5) is 43.3 Å². The molecule has 0 saturated carbocycles. The van der Waals surface area contributed by atoms with E-state index in [2.05, 4.69) is 54.7 Å². The Bertz CT molecular complexity index is 2720. The fraction of sp³-hybridized carbons (Fsp3) is 0.469. The number of anilines is 6. The van der Waals surface area contributed by atoms with Crippen LogP contribution < -0.4 is 26.0 Å². The molecule has 0 bridgehead atoms. The summed E-state index contributed by atoms with van der Waals surface area (Å²) < 4.78 is 63.3. The van der Waals surface area contributed by atoms with E-state index >= 15 is 4.39 Å². The normalized spacial score (nSPS) is 17.6. The molecule has 5 N–H and O–H groups in total. The van der Waals surface area contributed by atoms with Gasteiger partial charge in [-0.1, -0.05) is 12.1 Å². The van der Waals surface area contributed by atoms with Gasteiger partial charge in [0.15, 0.2) is 0 Å². The van der Waals surface area contributed by atoms with Gasteiger partial charge in [0.25, 0.3) is 11.8 Å². The summed E-state index contributed by atoms with van der Waals surface area (Å²) in [5.74, 6) is -2.60. The van der Waals surface area contributed by atoms with Gasteiger partial charge in [-0.15, -0.1) is 0 Å². The van der Waals surface area contributed by atoms with E-state index in [9.17, 15) is 32.0 Å². The largest absolute Gasteiger partial charge is 0.379 e. The molecule has 2 fully saturated rings. The number of piperidine rings is 2. The van der Waals surface area contributed by atoms with Crippen molar-refractivity contribution in [2.75, 3.05) is 46.9 Å². The first-order chi connectivity index (χ1) is 31.9. The number of carbonyl (C=O) groups is 4. The van der Waals surface area contributed by atoms with Crippen molar-refractivity contribution >= 4 is 68.2 Å². The van der Waals surface area contributed by atoms with Crippen LogP contribution in [-0.2, 0) is 24.3 Å². The third-order valence-electron chi connectivity index (χ3n) is 12.7. The Morgan fingerprint density at radius 3 is 2.24 bits per heavy atom. The fourth-order valence-corrected chi connectivity index (χ4v) is 9.16. The molecule has 16 nitrogen and oxygen atoms in total. The highest BCUT2D eigenvalue weighted by atomic mass is 32.2. The van der Waals surface area contributed by atoms with E-state index < -0.39 is 61.4 Å². The predicted molar refractivity (Wildman–Crippen MR) is 257 cm³/mol. The lowest BCUT2D eigenvalue weighted by Gasteiger charge is -2.35. The molecule has 4 amide bonds. The number of halogens is 2. The van der Waals surface area contributed by atoms with Crippen molar-refractivity contribution in [3.05, 3.63) is 94.7 Å². The van der Waals surface area contributed by atoms with Gasteiger partial charge < -0.3 is 25.6 Å². The molecule has 364 valence electrons. The molecule has 3 aliphatic rings. The van der Waals surface area contributed by atoms with Gasteiger partial charge >= 0.3 is 0 Å². The lowest BCUT2D eigenvalue weighted by Crippen LogP contribution is -2.54. The Hall–Kier alpha value is -6.05. The number of fused-ring (bicyclic) bond motifs is 1. The number of amides is 4. The average molecular weight is 958 g/mol. The number of aromatic nitrogens is 2. The number of benzene rings is 3. The Morgan fingerprint density at radius 1 is 0.838 bits per heavy atom. The highest BCUT2D eigenvalue weighted by Gasteiger charge is 2.46. The number of likely N-dealkylation sites (tertiary alicyclic amines) is 1. The van der Waals surface area contributed by atoms with Gasteiger partial charge in [0.2, 0.25) is 27.8 Å². The summed E-state index contributed by atoms with van der Waals surface area (Å²) in [4.78, 5) is 63.4. The van der Waals surface area contributed by atoms with Crippen molar-refractivity contribution in [2.45, 2.75) is 122 Å². The summed E-state index contributed by atoms with van der Waals surface area (Å²) in [5, 5.41) is 11.8. The van der Waals surface area contributed by atoms with Crippen molar-refractivity contribution < 1.29 is 41.1 Å². The molecule has 68 heavy (non-hydrogen) atoms. The Morgan fingerprint density at radius 2 is 1.54 bits per heavy atom. The van der Waals surface area contributed by atoms with Crippen LogP contribution in [0.15, 0.2) is 60.8 Å². The molecule has 7 rings (SSSR count). The minimum absolute atomic E-state index is 0.0478. The van der Waals surface area contributed by atoms with Crippen molar-refractivity contribution in [3.63, 3.8) is 0 Å². The SMILES string of the molecule is Cc1cnc(Nc2ccc(C3CCN(CCC(C)(C)OCCC(C)(C)Nc4cccc5c4C(=O)N(C4CCC(=O)NC4=O)C5=O)CC3)c(F)c2)nc1Nc1ccc(F)c(NS(=O)(=O)C(C)(C)C)c1. The van der Waals surface area contributed by atoms with Crippen LogP contribution in [0.5, 0.6) is 0 Å². The first-order valence-corrected chi connectivity index (χ1v) is 24.4. The smallest absolute Gasteiger partial charge is 0.264 e. The van der Waals surface area contributed by atoms with E-state index in [0.717, 1.165) is 49.9 Å². The molecule has 0 radical (unpaired) electrons. The minimum atomic E-state index is -3.87. The second-order valence-electron chi connectivity index (χ2n) is 20.0. The molecular weight excluding hydrogens is 897 g/mol. The van der Waals surface area contributed by atoms with Crippen LogP contribution in [0.2, 0.25) is 0 Å². The molecule has 0 spiro atoms. The Balaban J connectivity index is 0.867. The maximum Gasteiger partial charge on any atom is 0.264 e. The van der Waals surface area contributed by atoms with Crippen molar-refractivity contribution in [1.29, 1.82) is 0 Å². The topological polar surface area (TPSA) is 204 Å². The molecule has 19 heteroatoms. The van der Waals surface area contributed by atoms with Gasteiger partial charge in [0.1, 0.15) is 23.5 Å². The Labute approximate surface area is 396 Å². The number of hydrogen-bond donors (Lipinski definition) is 5. The van der Waals surface area contributed by atoms with Crippen LogP contribution in [-0.4, -0.2) is 100.0 Å². The van der Waals surface area contributed by atoms with Crippen LogP contribution >= 0.6 is 0 Å². The van der Waals surface area contributed by atoms with Crippen molar-refractivity contribution in [2.24, 2.45) is 0 Å².